The molecule has 0 aliphatic carbocycles. The summed E-state index contributed by atoms with van der Waals surface area (Å²) >= 11 is 0. The Bertz CT molecular complexity index is 547. The van der Waals surface area contributed by atoms with Crippen molar-refractivity contribution in [3.8, 4) is 11.8 Å². The largest absolute Gasteiger partial charge is 0.478 e. The van der Waals surface area contributed by atoms with E-state index >= 15 is 0 Å². The predicted molar refractivity (Wildman–Crippen MR) is 68.4 cm³/mol. The molecule has 0 radical (unpaired) electrons. The first-order valence-corrected chi connectivity index (χ1v) is 5.52. The first kappa shape index (κ1) is 14.5. The summed E-state index contributed by atoms with van der Waals surface area (Å²) in [5.41, 5.74) is -0.259. The summed E-state index contributed by atoms with van der Waals surface area (Å²) < 4.78 is 13.3. The Morgan fingerprint density at radius 1 is 1.42 bits per heavy atom. The number of rotatable bonds is 4. The van der Waals surface area contributed by atoms with Gasteiger partial charge in [0, 0.05) is 18.7 Å². The van der Waals surface area contributed by atoms with Gasteiger partial charge in [-0.3, -0.25) is 0 Å². The van der Waals surface area contributed by atoms with Crippen LogP contribution in [-0.4, -0.2) is 23.7 Å². The highest BCUT2D eigenvalue weighted by Gasteiger charge is 2.11. The van der Waals surface area contributed by atoms with Crippen LogP contribution in [0.4, 0.5) is 14.9 Å². The summed E-state index contributed by atoms with van der Waals surface area (Å²) in [6.45, 7) is 2.08. The van der Waals surface area contributed by atoms with Crippen LogP contribution in [0.1, 0.15) is 23.7 Å². The van der Waals surface area contributed by atoms with Crippen molar-refractivity contribution >= 4 is 17.7 Å². The monoisotopic (exact) mass is 264 g/mol. The number of carboxylic acid groups (broad SMARTS) is 1. The van der Waals surface area contributed by atoms with Crippen LogP contribution < -0.4 is 10.6 Å². The van der Waals surface area contributed by atoms with Gasteiger partial charge in [0.25, 0.3) is 0 Å². The van der Waals surface area contributed by atoms with Crippen molar-refractivity contribution in [1.82, 2.24) is 5.32 Å². The van der Waals surface area contributed by atoms with Gasteiger partial charge in [-0.1, -0.05) is 0 Å². The molecule has 1 aromatic rings. The van der Waals surface area contributed by atoms with Gasteiger partial charge in [-0.15, -0.1) is 11.8 Å². The molecule has 2 amide bonds. The van der Waals surface area contributed by atoms with Crippen LogP contribution in [-0.2, 0) is 0 Å². The summed E-state index contributed by atoms with van der Waals surface area (Å²) in [7, 11) is 0. The van der Waals surface area contributed by atoms with Gasteiger partial charge in [0.1, 0.15) is 5.82 Å². The number of halogens is 1. The molecular formula is C13H13FN2O3. The Balaban J connectivity index is 2.57. The van der Waals surface area contributed by atoms with Crippen molar-refractivity contribution in [1.29, 1.82) is 0 Å². The zero-order chi connectivity index (χ0) is 14.3. The topological polar surface area (TPSA) is 78.4 Å². The number of anilines is 1. The van der Waals surface area contributed by atoms with Gasteiger partial charge < -0.3 is 15.7 Å². The SMILES string of the molecule is CC#CCCNC(=O)Nc1ccc(C(=O)O)c(F)c1. The van der Waals surface area contributed by atoms with E-state index in [-0.39, 0.29) is 5.69 Å². The number of hydrogen-bond acceptors (Lipinski definition) is 2. The lowest BCUT2D eigenvalue weighted by Crippen LogP contribution is -2.29. The molecule has 0 atom stereocenters. The molecule has 6 heteroatoms. The Kier molecular flexibility index (Phi) is 5.35. The average molecular weight is 264 g/mol. The zero-order valence-electron chi connectivity index (χ0n) is 10.3. The molecule has 0 fully saturated rings. The number of urea groups is 1. The third-order valence-electron chi connectivity index (χ3n) is 2.17. The molecule has 0 heterocycles. The highest BCUT2D eigenvalue weighted by Crippen LogP contribution is 2.14. The Labute approximate surface area is 109 Å². The summed E-state index contributed by atoms with van der Waals surface area (Å²) in [4.78, 5) is 22.0. The van der Waals surface area contributed by atoms with E-state index in [1.807, 2.05) is 0 Å². The minimum absolute atomic E-state index is 0.182. The molecule has 0 bridgehead atoms. The lowest BCUT2D eigenvalue weighted by Gasteiger charge is -2.07. The summed E-state index contributed by atoms with van der Waals surface area (Å²) in [5, 5.41) is 13.6. The van der Waals surface area contributed by atoms with Crippen LogP contribution in [0.2, 0.25) is 0 Å². The van der Waals surface area contributed by atoms with E-state index in [2.05, 4.69) is 22.5 Å². The van der Waals surface area contributed by atoms with E-state index in [9.17, 15) is 14.0 Å². The van der Waals surface area contributed by atoms with Gasteiger partial charge in [-0.25, -0.2) is 14.0 Å². The van der Waals surface area contributed by atoms with E-state index in [0.717, 1.165) is 12.1 Å². The normalized spacial score (nSPS) is 9.16. The van der Waals surface area contributed by atoms with E-state index in [1.54, 1.807) is 6.92 Å². The van der Waals surface area contributed by atoms with Crippen molar-refractivity contribution in [3.63, 3.8) is 0 Å². The molecule has 5 nitrogen and oxygen atoms in total. The second-order valence-corrected chi connectivity index (χ2v) is 3.56. The van der Waals surface area contributed by atoms with Crippen molar-refractivity contribution in [3.05, 3.63) is 29.6 Å². The number of aromatic carboxylic acids is 1. The summed E-state index contributed by atoms with van der Waals surface area (Å²) in [6.07, 6.45) is 0.524. The standard InChI is InChI=1S/C13H13FN2O3/c1-2-3-4-7-15-13(19)16-9-5-6-10(12(17)18)11(14)8-9/h5-6,8H,4,7H2,1H3,(H,17,18)(H2,15,16,19). The lowest BCUT2D eigenvalue weighted by atomic mass is 10.2. The molecule has 100 valence electrons. The highest BCUT2D eigenvalue weighted by molar-refractivity contribution is 5.91. The molecule has 0 aliphatic heterocycles. The third-order valence-corrected chi connectivity index (χ3v) is 2.17. The fourth-order valence-corrected chi connectivity index (χ4v) is 1.31. The first-order chi connectivity index (χ1) is 9.04. The maximum Gasteiger partial charge on any atom is 0.338 e. The van der Waals surface area contributed by atoms with Gasteiger partial charge in [0.05, 0.1) is 5.56 Å². The van der Waals surface area contributed by atoms with Crippen molar-refractivity contribution in [2.24, 2.45) is 0 Å². The Hall–Kier alpha value is -2.55. The van der Waals surface area contributed by atoms with Crippen molar-refractivity contribution < 1.29 is 19.1 Å². The van der Waals surface area contributed by atoms with Gasteiger partial charge in [-0.05, 0) is 25.1 Å². The number of carboxylic acids is 1. The number of hydrogen-bond donors (Lipinski definition) is 3. The zero-order valence-corrected chi connectivity index (χ0v) is 10.3. The van der Waals surface area contributed by atoms with E-state index in [0.29, 0.717) is 13.0 Å². The number of amides is 2. The quantitative estimate of drug-likeness (QED) is 0.575. The van der Waals surface area contributed by atoms with E-state index in [4.69, 9.17) is 5.11 Å². The van der Waals surface area contributed by atoms with E-state index in [1.165, 1.54) is 6.07 Å². The van der Waals surface area contributed by atoms with Crippen LogP contribution >= 0.6 is 0 Å². The van der Waals surface area contributed by atoms with Gasteiger partial charge in [0.2, 0.25) is 0 Å². The second-order valence-electron chi connectivity index (χ2n) is 3.56. The summed E-state index contributed by atoms with van der Waals surface area (Å²) in [5.74, 6) is 3.21. The fraction of sp³-hybridized carbons (Fsp3) is 0.231. The third kappa shape index (κ3) is 4.68. The maximum atomic E-state index is 13.3. The van der Waals surface area contributed by atoms with Crippen LogP contribution in [0.5, 0.6) is 0 Å². The predicted octanol–water partition coefficient (Wildman–Crippen LogP) is 2.06. The molecule has 0 spiro atoms. The maximum absolute atomic E-state index is 13.3. The highest BCUT2D eigenvalue weighted by atomic mass is 19.1. The minimum atomic E-state index is -1.35. The molecule has 0 aromatic heterocycles. The molecular weight excluding hydrogens is 251 g/mol. The summed E-state index contributed by atoms with van der Waals surface area (Å²) in [6, 6.07) is 2.86. The average Bonchev–Trinajstić information content (AvgIpc) is 2.34. The number of carbonyl (C=O) groups excluding carboxylic acids is 1. The Morgan fingerprint density at radius 2 is 2.16 bits per heavy atom. The van der Waals surface area contributed by atoms with Crippen LogP contribution in [0, 0.1) is 17.7 Å². The number of benzene rings is 1. The smallest absolute Gasteiger partial charge is 0.338 e. The first-order valence-electron chi connectivity index (χ1n) is 5.52. The second kappa shape index (κ2) is 7.01. The van der Waals surface area contributed by atoms with E-state index < -0.39 is 23.4 Å². The van der Waals surface area contributed by atoms with Crippen LogP contribution in [0.15, 0.2) is 18.2 Å². The fourth-order valence-electron chi connectivity index (χ4n) is 1.31. The van der Waals surface area contributed by atoms with Crippen molar-refractivity contribution in [2.45, 2.75) is 13.3 Å². The molecule has 1 aromatic carbocycles. The molecule has 0 saturated heterocycles. The molecule has 0 saturated carbocycles. The lowest BCUT2D eigenvalue weighted by molar-refractivity contribution is 0.0692. The Morgan fingerprint density at radius 3 is 2.74 bits per heavy atom. The molecule has 0 unspecified atom stereocenters. The van der Waals surface area contributed by atoms with Gasteiger partial charge in [0.15, 0.2) is 0 Å². The van der Waals surface area contributed by atoms with Crippen molar-refractivity contribution in [2.75, 3.05) is 11.9 Å². The van der Waals surface area contributed by atoms with Crippen LogP contribution in [0.25, 0.3) is 0 Å². The van der Waals surface area contributed by atoms with Crippen LogP contribution in [0.3, 0.4) is 0 Å². The van der Waals surface area contributed by atoms with Gasteiger partial charge in [-0.2, -0.15) is 0 Å². The molecule has 3 N–H and O–H groups in total. The molecule has 1 rings (SSSR count). The molecule has 19 heavy (non-hydrogen) atoms. The number of carbonyl (C=O) groups is 2. The number of nitrogens with one attached hydrogen (secondary N) is 2. The molecule has 0 aliphatic rings. The van der Waals surface area contributed by atoms with Gasteiger partial charge >= 0.3 is 12.0 Å². The minimum Gasteiger partial charge on any atom is -0.478 e.